The van der Waals surface area contributed by atoms with Crippen molar-refractivity contribution in [1.82, 2.24) is 9.71 Å². The molecule has 0 bridgehead atoms. The maximum absolute atomic E-state index is 4.49. The third-order valence-corrected chi connectivity index (χ3v) is 4.39. The van der Waals surface area contributed by atoms with Crippen molar-refractivity contribution >= 4 is 45.4 Å². The Morgan fingerprint density at radius 2 is 2.10 bits per heavy atom. The smallest absolute Gasteiger partial charge is 0.0855 e. The van der Waals surface area contributed by atoms with Gasteiger partial charge in [0, 0.05) is 21.7 Å². The van der Waals surface area contributed by atoms with Gasteiger partial charge in [-0.3, -0.25) is 4.98 Å². The minimum atomic E-state index is 1.02. The number of para-hydroxylation sites is 1. The van der Waals surface area contributed by atoms with E-state index in [9.17, 15) is 0 Å². The van der Waals surface area contributed by atoms with Gasteiger partial charge in [-0.1, -0.05) is 59.9 Å². The van der Waals surface area contributed by atoms with Crippen molar-refractivity contribution in [2.45, 2.75) is 25.2 Å². The van der Waals surface area contributed by atoms with Gasteiger partial charge < -0.3 is 4.72 Å². The average Bonchev–Trinajstić information content (AvgIpc) is 2.51. The van der Waals surface area contributed by atoms with Crippen molar-refractivity contribution in [3.05, 3.63) is 60.0 Å². The molecule has 110 valence electrons. The fourth-order valence-electron chi connectivity index (χ4n) is 1.98. The van der Waals surface area contributed by atoms with Gasteiger partial charge in [-0.2, -0.15) is 0 Å². The molecule has 0 aliphatic carbocycles. The van der Waals surface area contributed by atoms with E-state index in [0.29, 0.717) is 0 Å². The summed E-state index contributed by atoms with van der Waals surface area (Å²) in [7, 11) is 0. The van der Waals surface area contributed by atoms with Crippen LogP contribution in [0.1, 0.15) is 20.3 Å². The summed E-state index contributed by atoms with van der Waals surface area (Å²) < 4.78 is 4.50. The third kappa shape index (κ3) is 4.48. The second-order valence-corrected chi connectivity index (χ2v) is 6.33. The number of nitrogens with zero attached hydrogens (tertiary/aromatic N) is 1. The standard InChI is InChI=1S/C17H19IN2S/c1-3-6-15(13(2)10-11-18)20-21-16-9-4-7-14-8-5-12-19-17(14)16/h4-10,12,20H,3,11H2,1-2H3/b13-10-,15-6+. The lowest BCUT2D eigenvalue weighted by atomic mass is 10.2. The minimum absolute atomic E-state index is 1.02. The normalized spacial score (nSPS) is 12.7. The number of benzene rings is 1. The number of allylic oxidation sites excluding steroid dienone is 3. The van der Waals surface area contributed by atoms with E-state index in [4.69, 9.17) is 0 Å². The van der Waals surface area contributed by atoms with Gasteiger partial charge in [0.05, 0.1) is 10.4 Å². The molecule has 0 atom stereocenters. The van der Waals surface area contributed by atoms with Crippen molar-refractivity contribution in [2.75, 3.05) is 4.43 Å². The van der Waals surface area contributed by atoms with Crippen molar-refractivity contribution in [3.63, 3.8) is 0 Å². The molecule has 0 unspecified atom stereocenters. The predicted octanol–water partition coefficient (Wildman–Crippen LogP) is 5.51. The molecule has 0 spiro atoms. The van der Waals surface area contributed by atoms with E-state index in [-0.39, 0.29) is 0 Å². The molecule has 0 saturated heterocycles. The van der Waals surface area contributed by atoms with Gasteiger partial charge in [0.1, 0.15) is 0 Å². The van der Waals surface area contributed by atoms with Crippen LogP contribution in [0.5, 0.6) is 0 Å². The van der Waals surface area contributed by atoms with Crippen LogP contribution in [0.2, 0.25) is 0 Å². The van der Waals surface area contributed by atoms with Crippen molar-refractivity contribution in [1.29, 1.82) is 0 Å². The maximum atomic E-state index is 4.49. The Kier molecular flexibility index (Phi) is 6.57. The number of rotatable bonds is 6. The zero-order valence-corrected chi connectivity index (χ0v) is 15.2. The first-order valence-corrected chi connectivity index (χ1v) is 9.30. The van der Waals surface area contributed by atoms with Gasteiger partial charge in [0.15, 0.2) is 0 Å². The maximum Gasteiger partial charge on any atom is 0.0855 e. The van der Waals surface area contributed by atoms with E-state index >= 15 is 0 Å². The molecule has 0 aliphatic heterocycles. The topological polar surface area (TPSA) is 24.9 Å². The van der Waals surface area contributed by atoms with Crippen molar-refractivity contribution in [3.8, 4) is 0 Å². The predicted molar refractivity (Wildman–Crippen MR) is 102 cm³/mol. The molecule has 1 N–H and O–H groups in total. The zero-order valence-electron chi connectivity index (χ0n) is 12.3. The molecular formula is C17H19IN2S. The first kappa shape index (κ1) is 16.4. The van der Waals surface area contributed by atoms with E-state index in [2.05, 4.69) is 82.6 Å². The van der Waals surface area contributed by atoms with Crippen LogP contribution in [0.25, 0.3) is 10.9 Å². The molecule has 0 amide bonds. The third-order valence-electron chi connectivity index (χ3n) is 3.08. The summed E-state index contributed by atoms with van der Waals surface area (Å²) in [6.07, 6.45) is 7.32. The highest BCUT2D eigenvalue weighted by Gasteiger charge is 2.05. The van der Waals surface area contributed by atoms with Crippen molar-refractivity contribution < 1.29 is 0 Å². The SMILES string of the molecule is CC/C=C(NSc1cccc2cccnc12)\C(C)=C/CI. The van der Waals surface area contributed by atoms with Crippen LogP contribution >= 0.6 is 34.5 Å². The van der Waals surface area contributed by atoms with Crippen LogP contribution in [0.3, 0.4) is 0 Å². The molecule has 2 rings (SSSR count). The number of aromatic nitrogens is 1. The summed E-state index contributed by atoms with van der Waals surface area (Å²) in [5.41, 5.74) is 3.52. The fourth-order valence-corrected chi connectivity index (χ4v) is 3.52. The fraction of sp³-hybridized carbons (Fsp3) is 0.235. The summed E-state index contributed by atoms with van der Waals surface area (Å²) >= 11 is 4.00. The molecule has 0 radical (unpaired) electrons. The first-order chi connectivity index (χ1) is 10.3. The molecular weight excluding hydrogens is 391 g/mol. The molecule has 1 aromatic carbocycles. The number of nitrogens with one attached hydrogen (secondary N) is 1. The Labute approximate surface area is 144 Å². The van der Waals surface area contributed by atoms with Gasteiger partial charge in [-0.25, -0.2) is 0 Å². The number of hydrogen-bond acceptors (Lipinski definition) is 3. The quantitative estimate of drug-likeness (QED) is 0.294. The molecule has 21 heavy (non-hydrogen) atoms. The number of pyridine rings is 1. The Hall–Kier alpha value is -1.01. The Morgan fingerprint density at radius 1 is 1.29 bits per heavy atom. The minimum Gasteiger partial charge on any atom is -0.326 e. The molecule has 1 aromatic heterocycles. The van der Waals surface area contributed by atoms with Crippen LogP contribution < -0.4 is 4.72 Å². The van der Waals surface area contributed by atoms with Gasteiger partial charge in [-0.05, 0) is 43.0 Å². The van der Waals surface area contributed by atoms with Gasteiger partial charge in [0.25, 0.3) is 0 Å². The summed E-state index contributed by atoms with van der Waals surface area (Å²) in [6.45, 7) is 4.30. The number of fused-ring (bicyclic) bond motifs is 1. The second kappa shape index (κ2) is 8.44. The molecule has 0 aliphatic rings. The molecule has 0 fully saturated rings. The Morgan fingerprint density at radius 3 is 2.86 bits per heavy atom. The van der Waals surface area contributed by atoms with Crippen LogP contribution in [0.15, 0.2) is 64.8 Å². The van der Waals surface area contributed by atoms with E-state index in [1.165, 1.54) is 16.7 Å². The molecule has 1 heterocycles. The highest BCUT2D eigenvalue weighted by atomic mass is 127. The van der Waals surface area contributed by atoms with Crippen LogP contribution in [-0.2, 0) is 0 Å². The summed E-state index contributed by atoms with van der Waals surface area (Å²) in [4.78, 5) is 5.64. The number of hydrogen-bond donors (Lipinski definition) is 1. The van der Waals surface area contributed by atoms with E-state index in [1.54, 1.807) is 11.9 Å². The monoisotopic (exact) mass is 410 g/mol. The van der Waals surface area contributed by atoms with E-state index in [1.807, 2.05) is 12.3 Å². The second-order valence-electron chi connectivity index (χ2n) is 4.60. The lowest BCUT2D eigenvalue weighted by Gasteiger charge is -2.12. The van der Waals surface area contributed by atoms with Crippen LogP contribution in [0.4, 0.5) is 0 Å². The highest BCUT2D eigenvalue weighted by Crippen LogP contribution is 2.26. The summed E-state index contributed by atoms with van der Waals surface area (Å²) in [5.74, 6) is 0. The van der Waals surface area contributed by atoms with Gasteiger partial charge in [-0.15, -0.1) is 0 Å². The van der Waals surface area contributed by atoms with E-state index < -0.39 is 0 Å². The highest BCUT2D eigenvalue weighted by molar-refractivity contribution is 14.1. The Bertz CT molecular complexity index is 659. The molecule has 2 nitrogen and oxygen atoms in total. The lowest BCUT2D eigenvalue weighted by Crippen LogP contribution is -2.05. The number of halogens is 1. The Balaban J connectivity index is 2.20. The summed E-state index contributed by atoms with van der Waals surface area (Å²) in [5, 5.41) is 1.17. The largest absolute Gasteiger partial charge is 0.326 e. The first-order valence-electron chi connectivity index (χ1n) is 6.96. The lowest BCUT2D eigenvalue weighted by molar-refractivity contribution is 1.11. The van der Waals surface area contributed by atoms with Gasteiger partial charge >= 0.3 is 0 Å². The number of alkyl halides is 1. The van der Waals surface area contributed by atoms with E-state index in [0.717, 1.165) is 21.3 Å². The molecule has 4 heteroatoms. The van der Waals surface area contributed by atoms with Crippen LogP contribution in [-0.4, -0.2) is 9.41 Å². The summed E-state index contributed by atoms with van der Waals surface area (Å²) in [6, 6.07) is 10.3. The van der Waals surface area contributed by atoms with Crippen molar-refractivity contribution in [2.24, 2.45) is 0 Å². The molecule has 0 saturated carbocycles. The zero-order chi connectivity index (χ0) is 15.1. The molecule has 2 aromatic rings. The van der Waals surface area contributed by atoms with Crippen LogP contribution in [0, 0.1) is 0 Å². The average molecular weight is 410 g/mol. The van der Waals surface area contributed by atoms with Gasteiger partial charge in [0.2, 0.25) is 0 Å².